The molecule has 1 unspecified atom stereocenters. The van der Waals surface area contributed by atoms with Crippen LogP contribution >= 0.6 is 11.6 Å². The highest BCUT2D eigenvalue weighted by atomic mass is 35.5. The molecule has 1 saturated heterocycles. The molecule has 3 rings (SSSR count). The van der Waals surface area contributed by atoms with Crippen molar-refractivity contribution in [1.29, 1.82) is 0 Å². The van der Waals surface area contributed by atoms with Crippen molar-refractivity contribution in [3.05, 3.63) is 70.5 Å². The molecule has 2 amide bonds. The summed E-state index contributed by atoms with van der Waals surface area (Å²) in [5.41, 5.74) is 1.28. The zero-order valence-corrected chi connectivity index (χ0v) is 17.2. The van der Waals surface area contributed by atoms with Gasteiger partial charge in [0.25, 0.3) is 0 Å². The maximum atomic E-state index is 13.7. The molecule has 0 aliphatic carbocycles. The molecule has 0 radical (unpaired) electrons. The standard InChI is InChI=1S/C22H25ClFN3O2/c1-16(22(29)25-15-18-7-3-5-9-20(18)24)26-10-12-27(13-11-26)21(28)14-17-6-2-4-8-19(17)23/h2-9,16H,10-15H2,1H3,(H,25,29). The van der Waals surface area contributed by atoms with E-state index in [2.05, 4.69) is 5.32 Å². The molecule has 0 spiro atoms. The molecule has 7 heteroatoms. The molecule has 1 aliphatic rings. The van der Waals surface area contributed by atoms with Gasteiger partial charge in [-0.05, 0) is 24.6 Å². The maximum absolute atomic E-state index is 13.7. The Morgan fingerprint density at radius 2 is 1.66 bits per heavy atom. The molecule has 1 N–H and O–H groups in total. The van der Waals surface area contributed by atoms with Crippen LogP contribution in [0.1, 0.15) is 18.1 Å². The Balaban J connectivity index is 1.47. The monoisotopic (exact) mass is 417 g/mol. The van der Waals surface area contributed by atoms with Gasteiger partial charge in [0.15, 0.2) is 0 Å². The Hall–Kier alpha value is -2.44. The number of hydrogen-bond donors (Lipinski definition) is 1. The smallest absolute Gasteiger partial charge is 0.237 e. The summed E-state index contributed by atoms with van der Waals surface area (Å²) in [4.78, 5) is 28.9. The van der Waals surface area contributed by atoms with E-state index >= 15 is 0 Å². The number of hydrogen-bond acceptors (Lipinski definition) is 3. The van der Waals surface area contributed by atoms with Crippen molar-refractivity contribution in [3.8, 4) is 0 Å². The summed E-state index contributed by atoms with van der Waals surface area (Å²) < 4.78 is 13.7. The number of carbonyl (C=O) groups excluding carboxylic acids is 2. The highest BCUT2D eigenvalue weighted by Gasteiger charge is 2.27. The lowest BCUT2D eigenvalue weighted by Crippen LogP contribution is -2.55. The molecular weight excluding hydrogens is 393 g/mol. The van der Waals surface area contributed by atoms with Crippen LogP contribution in [-0.4, -0.2) is 53.8 Å². The molecule has 2 aromatic carbocycles. The lowest BCUT2D eigenvalue weighted by Gasteiger charge is -2.37. The van der Waals surface area contributed by atoms with Crippen molar-refractivity contribution < 1.29 is 14.0 Å². The van der Waals surface area contributed by atoms with E-state index in [1.165, 1.54) is 6.07 Å². The third-order valence-electron chi connectivity index (χ3n) is 5.30. The fourth-order valence-corrected chi connectivity index (χ4v) is 3.62. The van der Waals surface area contributed by atoms with Crippen molar-refractivity contribution in [2.45, 2.75) is 25.9 Å². The van der Waals surface area contributed by atoms with Crippen molar-refractivity contribution in [2.75, 3.05) is 26.2 Å². The molecule has 1 heterocycles. The Kier molecular flexibility index (Phi) is 7.23. The van der Waals surface area contributed by atoms with Crippen LogP contribution in [0.4, 0.5) is 4.39 Å². The molecule has 154 valence electrons. The second-order valence-electron chi connectivity index (χ2n) is 7.17. The molecule has 0 bridgehead atoms. The summed E-state index contributed by atoms with van der Waals surface area (Å²) in [6.07, 6.45) is 0.276. The largest absolute Gasteiger partial charge is 0.351 e. The van der Waals surface area contributed by atoms with E-state index in [1.807, 2.05) is 34.9 Å². The average Bonchev–Trinajstić information content (AvgIpc) is 2.74. The average molecular weight is 418 g/mol. The number of carbonyl (C=O) groups is 2. The SMILES string of the molecule is CC(C(=O)NCc1ccccc1F)N1CCN(C(=O)Cc2ccccc2Cl)CC1. The Morgan fingerprint density at radius 1 is 1.03 bits per heavy atom. The molecular formula is C22H25ClFN3O2. The lowest BCUT2D eigenvalue weighted by molar-refractivity contribution is -0.133. The molecule has 1 atom stereocenters. The van der Waals surface area contributed by atoms with Crippen LogP contribution in [0.25, 0.3) is 0 Å². The maximum Gasteiger partial charge on any atom is 0.237 e. The van der Waals surface area contributed by atoms with E-state index in [0.717, 1.165) is 5.56 Å². The lowest BCUT2D eigenvalue weighted by atomic mass is 10.1. The van der Waals surface area contributed by atoms with Gasteiger partial charge in [-0.2, -0.15) is 0 Å². The Morgan fingerprint density at radius 3 is 2.31 bits per heavy atom. The molecule has 1 aliphatic heterocycles. The molecule has 5 nitrogen and oxygen atoms in total. The van der Waals surface area contributed by atoms with Crippen LogP contribution in [0.15, 0.2) is 48.5 Å². The number of nitrogens with zero attached hydrogens (tertiary/aromatic N) is 2. The summed E-state index contributed by atoms with van der Waals surface area (Å²) in [6, 6.07) is 13.4. The second kappa shape index (κ2) is 9.85. The van der Waals surface area contributed by atoms with Gasteiger partial charge in [0.1, 0.15) is 5.82 Å². The predicted octanol–water partition coefficient (Wildman–Crippen LogP) is 2.87. The molecule has 0 saturated carbocycles. The topological polar surface area (TPSA) is 52.7 Å². The van der Waals surface area contributed by atoms with Crippen LogP contribution in [0.2, 0.25) is 5.02 Å². The van der Waals surface area contributed by atoms with Gasteiger partial charge < -0.3 is 10.2 Å². The van der Waals surface area contributed by atoms with Gasteiger partial charge in [-0.25, -0.2) is 4.39 Å². The van der Waals surface area contributed by atoms with Gasteiger partial charge in [-0.1, -0.05) is 48.0 Å². The highest BCUT2D eigenvalue weighted by Crippen LogP contribution is 2.17. The van der Waals surface area contributed by atoms with Gasteiger partial charge in [-0.15, -0.1) is 0 Å². The number of amides is 2. The first-order chi connectivity index (χ1) is 14.0. The van der Waals surface area contributed by atoms with E-state index in [0.29, 0.717) is 36.8 Å². The third-order valence-corrected chi connectivity index (χ3v) is 5.67. The molecule has 2 aromatic rings. The van der Waals surface area contributed by atoms with Crippen LogP contribution in [0, 0.1) is 5.82 Å². The second-order valence-corrected chi connectivity index (χ2v) is 7.58. The van der Waals surface area contributed by atoms with E-state index in [1.54, 1.807) is 24.3 Å². The van der Waals surface area contributed by atoms with Gasteiger partial charge >= 0.3 is 0 Å². The minimum absolute atomic E-state index is 0.0365. The Bertz CT molecular complexity index is 869. The van der Waals surface area contributed by atoms with Crippen molar-refractivity contribution >= 4 is 23.4 Å². The number of rotatable bonds is 6. The Labute approximate surface area is 175 Å². The van der Waals surface area contributed by atoms with E-state index < -0.39 is 0 Å². The fraction of sp³-hybridized carbons (Fsp3) is 0.364. The normalized spacial score (nSPS) is 15.8. The number of halogens is 2. The predicted molar refractivity (Wildman–Crippen MR) is 111 cm³/mol. The zero-order chi connectivity index (χ0) is 20.8. The van der Waals surface area contributed by atoms with Crippen LogP contribution in [0.3, 0.4) is 0 Å². The number of piperazine rings is 1. The first-order valence-electron chi connectivity index (χ1n) is 9.72. The molecule has 1 fully saturated rings. The summed E-state index contributed by atoms with van der Waals surface area (Å²) in [5, 5.41) is 3.39. The number of nitrogens with one attached hydrogen (secondary N) is 1. The first kappa shape index (κ1) is 21.3. The van der Waals surface area contributed by atoms with Crippen molar-refractivity contribution in [1.82, 2.24) is 15.1 Å². The first-order valence-corrected chi connectivity index (χ1v) is 10.1. The van der Waals surface area contributed by atoms with Gasteiger partial charge in [0, 0.05) is 43.3 Å². The minimum Gasteiger partial charge on any atom is -0.351 e. The van der Waals surface area contributed by atoms with E-state index in [4.69, 9.17) is 11.6 Å². The minimum atomic E-state index is -0.345. The van der Waals surface area contributed by atoms with Crippen LogP contribution in [0.5, 0.6) is 0 Å². The zero-order valence-electron chi connectivity index (χ0n) is 16.4. The van der Waals surface area contributed by atoms with Crippen LogP contribution < -0.4 is 5.32 Å². The summed E-state index contributed by atoms with van der Waals surface area (Å²) >= 11 is 6.14. The molecule has 29 heavy (non-hydrogen) atoms. The van der Waals surface area contributed by atoms with Gasteiger partial charge in [0.05, 0.1) is 12.5 Å². The quantitative estimate of drug-likeness (QED) is 0.786. The highest BCUT2D eigenvalue weighted by molar-refractivity contribution is 6.31. The fourth-order valence-electron chi connectivity index (χ4n) is 3.41. The van der Waals surface area contributed by atoms with Gasteiger partial charge in [-0.3, -0.25) is 14.5 Å². The van der Waals surface area contributed by atoms with Crippen LogP contribution in [-0.2, 0) is 22.6 Å². The summed E-state index contributed by atoms with van der Waals surface area (Å²) in [7, 11) is 0. The van der Waals surface area contributed by atoms with E-state index in [9.17, 15) is 14.0 Å². The summed E-state index contributed by atoms with van der Waals surface area (Å²) in [6.45, 7) is 4.34. The third kappa shape index (κ3) is 5.55. The number of benzene rings is 2. The van der Waals surface area contributed by atoms with Gasteiger partial charge in [0.2, 0.25) is 11.8 Å². The van der Waals surface area contributed by atoms with Crippen molar-refractivity contribution in [3.63, 3.8) is 0 Å². The van der Waals surface area contributed by atoms with E-state index in [-0.39, 0.29) is 36.6 Å². The van der Waals surface area contributed by atoms with Crippen molar-refractivity contribution in [2.24, 2.45) is 0 Å². The molecule has 0 aromatic heterocycles. The summed E-state index contributed by atoms with van der Waals surface area (Å²) in [5.74, 6) is -0.440.